The Bertz CT molecular complexity index is 2010. The lowest BCUT2D eigenvalue weighted by molar-refractivity contribution is -0.156. The van der Waals surface area contributed by atoms with E-state index in [1.54, 1.807) is 6.07 Å². The first-order chi connectivity index (χ1) is 23.0. The summed E-state index contributed by atoms with van der Waals surface area (Å²) in [4.78, 5) is 46.4. The van der Waals surface area contributed by atoms with Gasteiger partial charge in [-0.25, -0.2) is 4.39 Å². The van der Waals surface area contributed by atoms with Gasteiger partial charge in [0.05, 0.1) is 6.04 Å². The highest BCUT2D eigenvalue weighted by atomic mass is 19.1. The van der Waals surface area contributed by atoms with E-state index in [1.807, 2.05) is 120 Å². The lowest BCUT2D eigenvalue weighted by atomic mass is 9.66. The smallest absolute Gasteiger partial charge is 0.314 e. The van der Waals surface area contributed by atoms with Crippen molar-refractivity contribution in [2.75, 3.05) is 10.2 Å². The highest BCUT2D eigenvalue weighted by molar-refractivity contribution is 6.15. The third kappa shape index (κ3) is 4.41. The number of carbonyl (C=O) groups is 3. The molecule has 230 valence electrons. The van der Waals surface area contributed by atoms with E-state index in [0.717, 1.165) is 22.4 Å². The molecule has 0 radical (unpaired) electrons. The Morgan fingerprint density at radius 2 is 1.38 bits per heavy atom. The van der Waals surface area contributed by atoms with E-state index in [9.17, 15) is 14.0 Å². The molecule has 1 fully saturated rings. The van der Waals surface area contributed by atoms with Crippen molar-refractivity contribution in [1.29, 1.82) is 0 Å². The largest absolute Gasteiger partial charge is 0.452 e. The van der Waals surface area contributed by atoms with Gasteiger partial charge in [0, 0.05) is 16.9 Å². The van der Waals surface area contributed by atoms with Crippen LogP contribution in [0.15, 0.2) is 140 Å². The summed E-state index contributed by atoms with van der Waals surface area (Å²) in [5, 5.41) is 3.03. The van der Waals surface area contributed by atoms with Crippen LogP contribution < -0.4 is 10.2 Å². The number of hydrogen-bond donors (Lipinski definition) is 1. The lowest BCUT2D eigenvalue weighted by Crippen LogP contribution is -2.51. The molecule has 1 N–H and O–H groups in total. The average Bonchev–Trinajstić information content (AvgIpc) is 3.60. The number of nitrogens with zero attached hydrogens (tertiary/aromatic N) is 1. The van der Waals surface area contributed by atoms with Gasteiger partial charge in [0.15, 0.2) is 11.9 Å². The zero-order valence-electron chi connectivity index (χ0n) is 25.1. The van der Waals surface area contributed by atoms with Gasteiger partial charge in [-0.05, 0) is 58.7 Å². The van der Waals surface area contributed by atoms with Gasteiger partial charge in [-0.2, -0.15) is 0 Å². The summed E-state index contributed by atoms with van der Waals surface area (Å²) in [5.74, 6) is -3.24. The van der Waals surface area contributed by atoms with Crippen molar-refractivity contribution in [3.63, 3.8) is 0 Å². The summed E-state index contributed by atoms with van der Waals surface area (Å²) >= 11 is 0. The number of hydrogen-bond acceptors (Lipinski definition) is 5. The Morgan fingerprint density at radius 1 is 0.766 bits per heavy atom. The predicted molar refractivity (Wildman–Crippen MR) is 177 cm³/mol. The molecule has 3 aliphatic heterocycles. The highest BCUT2D eigenvalue weighted by Crippen LogP contribution is 2.58. The molecule has 8 rings (SSSR count). The van der Waals surface area contributed by atoms with E-state index in [-0.39, 0.29) is 11.5 Å². The van der Waals surface area contributed by atoms with Gasteiger partial charge < -0.3 is 15.0 Å². The molecule has 4 atom stereocenters. The summed E-state index contributed by atoms with van der Waals surface area (Å²) in [6.07, 6.45) is 3.05. The van der Waals surface area contributed by atoms with Gasteiger partial charge in [0.1, 0.15) is 23.2 Å². The molecule has 1 spiro atoms. The number of fused-ring (bicyclic) bond motifs is 6. The fourth-order valence-electron chi connectivity index (χ4n) is 7.64. The molecular formula is C40H29FN2O4. The maximum absolute atomic E-state index is 15.1. The molecule has 0 saturated carbocycles. The van der Waals surface area contributed by atoms with Crippen LogP contribution in [0.5, 0.6) is 0 Å². The van der Waals surface area contributed by atoms with Crippen LogP contribution in [-0.2, 0) is 19.7 Å². The summed E-state index contributed by atoms with van der Waals surface area (Å²) in [7, 11) is 0. The summed E-state index contributed by atoms with van der Waals surface area (Å²) < 4.78 is 20.6. The maximum Gasteiger partial charge on any atom is 0.314 e. The Morgan fingerprint density at radius 3 is 2.09 bits per heavy atom. The molecule has 5 aromatic carbocycles. The quantitative estimate of drug-likeness (QED) is 0.162. The fraction of sp³-hybridized carbons (Fsp3) is 0.125. The van der Waals surface area contributed by atoms with Gasteiger partial charge in [-0.1, -0.05) is 109 Å². The van der Waals surface area contributed by atoms with Gasteiger partial charge in [0.25, 0.3) is 0 Å². The Hall–Kier alpha value is -5.82. The third-order valence-corrected chi connectivity index (χ3v) is 9.63. The summed E-state index contributed by atoms with van der Waals surface area (Å²) in [6, 6.07) is 37.2. The number of Topliss-reactive ketones (excluding diaryl/α,β-unsaturated/α-hetero) is 1. The van der Waals surface area contributed by atoms with Crippen LogP contribution in [0.4, 0.5) is 15.8 Å². The number of nitrogens with one attached hydrogen (secondary N) is 1. The summed E-state index contributed by atoms with van der Waals surface area (Å²) in [5.41, 5.74) is 2.98. The van der Waals surface area contributed by atoms with Crippen LogP contribution in [0.3, 0.4) is 0 Å². The topological polar surface area (TPSA) is 75.7 Å². The highest BCUT2D eigenvalue weighted by Gasteiger charge is 2.71. The molecule has 5 aromatic rings. The number of amides is 1. The molecule has 3 heterocycles. The molecule has 1 saturated heterocycles. The molecule has 6 nitrogen and oxygen atoms in total. The van der Waals surface area contributed by atoms with Crippen molar-refractivity contribution < 1.29 is 23.5 Å². The second-order valence-electron chi connectivity index (χ2n) is 12.1. The van der Waals surface area contributed by atoms with Crippen molar-refractivity contribution in [2.24, 2.45) is 5.92 Å². The molecule has 47 heavy (non-hydrogen) atoms. The van der Waals surface area contributed by atoms with Crippen molar-refractivity contribution in [3.05, 3.63) is 173 Å². The number of halogens is 1. The Kier molecular flexibility index (Phi) is 6.83. The van der Waals surface area contributed by atoms with E-state index < -0.39 is 47.1 Å². The molecular weight excluding hydrogens is 591 g/mol. The number of para-hydroxylation sites is 2. The second kappa shape index (κ2) is 11.2. The first-order valence-corrected chi connectivity index (χ1v) is 15.5. The number of anilines is 2. The maximum atomic E-state index is 15.1. The van der Waals surface area contributed by atoms with E-state index in [1.165, 1.54) is 24.3 Å². The van der Waals surface area contributed by atoms with Crippen molar-refractivity contribution in [3.8, 4) is 0 Å². The predicted octanol–water partition coefficient (Wildman–Crippen LogP) is 7.13. The minimum absolute atomic E-state index is 0.228. The number of ketones is 1. The van der Waals surface area contributed by atoms with Crippen LogP contribution >= 0.6 is 0 Å². The molecule has 7 heteroatoms. The standard InChI is InChI=1S/C40H29FN2O4/c41-29-22-19-26(20-23-29)36(44)35-34(38(45)47-37(27-12-3-1-4-13-27)28-14-5-2-6-15-28)40(30-16-8-9-17-31(30)42-39(40)46)33-24-21-25-11-7-10-18-32(25)43(33)35/h1-24,33-35,37H,(H,42,46)/t33-,34+,35-,40-/m1/s1. The third-order valence-electron chi connectivity index (χ3n) is 9.63. The van der Waals surface area contributed by atoms with Gasteiger partial charge in [-0.3, -0.25) is 14.4 Å². The molecule has 1 amide bonds. The van der Waals surface area contributed by atoms with Gasteiger partial charge >= 0.3 is 5.97 Å². The molecule has 0 unspecified atom stereocenters. The van der Waals surface area contributed by atoms with E-state index in [4.69, 9.17) is 4.74 Å². The molecule has 0 aromatic heterocycles. The van der Waals surface area contributed by atoms with Crippen LogP contribution in [0, 0.1) is 11.7 Å². The van der Waals surface area contributed by atoms with Crippen LogP contribution in [0.1, 0.15) is 38.7 Å². The van der Waals surface area contributed by atoms with Gasteiger partial charge in [0.2, 0.25) is 5.91 Å². The lowest BCUT2D eigenvalue weighted by Gasteiger charge is -2.37. The monoisotopic (exact) mass is 620 g/mol. The zero-order valence-corrected chi connectivity index (χ0v) is 25.1. The average molecular weight is 621 g/mol. The van der Waals surface area contributed by atoms with Crippen molar-refractivity contribution in [2.45, 2.75) is 23.6 Å². The van der Waals surface area contributed by atoms with Crippen LogP contribution in [-0.4, -0.2) is 29.7 Å². The number of rotatable bonds is 6. The minimum atomic E-state index is -1.52. The number of carbonyl (C=O) groups excluding carboxylic acids is 3. The molecule has 0 bridgehead atoms. The second-order valence-corrected chi connectivity index (χ2v) is 12.1. The minimum Gasteiger partial charge on any atom is -0.452 e. The van der Waals surface area contributed by atoms with Crippen LogP contribution in [0.2, 0.25) is 0 Å². The van der Waals surface area contributed by atoms with Crippen molar-refractivity contribution >= 4 is 35.1 Å². The SMILES string of the molecule is O=C(OC(c1ccccc1)c1ccccc1)[C@@H]1[C@H](C(=O)c2ccc(F)cc2)N2c3ccccc3C=C[C@@H]2[C@@]12C(=O)Nc1ccccc12. The number of benzene rings is 5. The van der Waals surface area contributed by atoms with Crippen molar-refractivity contribution in [1.82, 2.24) is 0 Å². The summed E-state index contributed by atoms with van der Waals surface area (Å²) in [6.45, 7) is 0. The first-order valence-electron chi connectivity index (χ1n) is 15.5. The molecule has 0 aliphatic carbocycles. The van der Waals surface area contributed by atoms with E-state index in [0.29, 0.717) is 11.3 Å². The van der Waals surface area contributed by atoms with Gasteiger partial charge in [-0.15, -0.1) is 0 Å². The Labute approximate surface area is 271 Å². The number of esters is 1. The Balaban J connectivity index is 1.36. The normalized spacial score (nSPS) is 22.0. The first kappa shape index (κ1) is 28.6. The number of ether oxygens (including phenoxy) is 1. The zero-order chi connectivity index (χ0) is 32.1. The molecule has 3 aliphatic rings. The van der Waals surface area contributed by atoms with Crippen LogP contribution in [0.25, 0.3) is 6.08 Å². The van der Waals surface area contributed by atoms with E-state index >= 15 is 4.79 Å². The van der Waals surface area contributed by atoms with E-state index in [2.05, 4.69) is 5.32 Å². The fourth-order valence-corrected chi connectivity index (χ4v) is 7.64.